The first-order valence-electron chi connectivity index (χ1n) is 7.94. The van der Waals surface area contributed by atoms with Crippen molar-refractivity contribution in [2.75, 3.05) is 13.7 Å². The Kier molecular flexibility index (Phi) is 6.83. The fraction of sp³-hybridized carbons (Fsp3) is 0.263. The van der Waals surface area contributed by atoms with Gasteiger partial charge in [0.1, 0.15) is 11.5 Å². The molecular formula is C19H21NO5. The Bertz CT molecular complexity index is 695. The lowest BCUT2D eigenvalue weighted by Crippen LogP contribution is -2.23. The molecule has 0 saturated heterocycles. The fourth-order valence-corrected chi connectivity index (χ4v) is 2.15. The zero-order chi connectivity index (χ0) is 18.1. The van der Waals surface area contributed by atoms with Crippen LogP contribution in [0.2, 0.25) is 0 Å². The average Bonchev–Trinajstić information content (AvgIpc) is 2.64. The molecule has 0 aliphatic heterocycles. The molecule has 6 nitrogen and oxygen atoms in total. The maximum atomic E-state index is 11.8. The van der Waals surface area contributed by atoms with Crippen LogP contribution in [-0.4, -0.2) is 30.7 Å². The predicted molar refractivity (Wildman–Crippen MR) is 93.0 cm³/mol. The van der Waals surface area contributed by atoms with Crippen molar-refractivity contribution >= 4 is 11.9 Å². The van der Waals surface area contributed by atoms with Crippen LogP contribution in [0.3, 0.4) is 0 Å². The summed E-state index contributed by atoms with van der Waals surface area (Å²) in [6, 6.07) is 13.7. The van der Waals surface area contributed by atoms with E-state index in [1.165, 1.54) is 12.1 Å². The lowest BCUT2D eigenvalue weighted by Gasteiger charge is -2.08. The maximum Gasteiger partial charge on any atom is 0.335 e. The van der Waals surface area contributed by atoms with Gasteiger partial charge in [0.15, 0.2) is 0 Å². The number of hydrogen-bond acceptors (Lipinski definition) is 4. The predicted octanol–water partition coefficient (Wildman–Crippen LogP) is 2.87. The SMILES string of the molecule is COc1ccc(OCCCC(=O)NCc2ccc(C(=O)O)cc2)cc1. The fourth-order valence-electron chi connectivity index (χ4n) is 2.15. The zero-order valence-electron chi connectivity index (χ0n) is 14.0. The van der Waals surface area contributed by atoms with Gasteiger partial charge in [-0.15, -0.1) is 0 Å². The van der Waals surface area contributed by atoms with E-state index in [4.69, 9.17) is 14.6 Å². The molecule has 0 saturated carbocycles. The first kappa shape index (κ1) is 18.3. The van der Waals surface area contributed by atoms with Gasteiger partial charge in [-0.2, -0.15) is 0 Å². The third-order valence-corrected chi connectivity index (χ3v) is 3.57. The number of nitrogens with one attached hydrogen (secondary N) is 1. The van der Waals surface area contributed by atoms with Gasteiger partial charge in [-0.05, 0) is 48.4 Å². The van der Waals surface area contributed by atoms with Gasteiger partial charge < -0.3 is 19.9 Å². The van der Waals surface area contributed by atoms with Crippen LogP contribution in [0.25, 0.3) is 0 Å². The Labute approximate surface area is 146 Å². The molecule has 0 atom stereocenters. The number of benzene rings is 2. The van der Waals surface area contributed by atoms with Gasteiger partial charge in [-0.1, -0.05) is 12.1 Å². The molecule has 2 aromatic rings. The summed E-state index contributed by atoms with van der Waals surface area (Å²) in [5, 5.41) is 11.6. The summed E-state index contributed by atoms with van der Waals surface area (Å²) >= 11 is 0. The van der Waals surface area contributed by atoms with Gasteiger partial charge in [0, 0.05) is 13.0 Å². The molecule has 0 radical (unpaired) electrons. The van der Waals surface area contributed by atoms with Crippen molar-refractivity contribution in [3.63, 3.8) is 0 Å². The third kappa shape index (κ3) is 6.18. The number of carboxylic acids is 1. The number of aromatic carboxylic acids is 1. The minimum Gasteiger partial charge on any atom is -0.497 e. The zero-order valence-corrected chi connectivity index (χ0v) is 14.0. The molecule has 2 rings (SSSR count). The Morgan fingerprint density at radius 1 is 1.00 bits per heavy atom. The molecule has 25 heavy (non-hydrogen) atoms. The lowest BCUT2D eigenvalue weighted by molar-refractivity contribution is -0.121. The largest absolute Gasteiger partial charge is 0.497 e. The Morgan fingerprint density at radius 3 is 2.24 bits per heavy atom. The number of carbonyl (C=O) groups excluding carboxylic acids is 1. The van der Waals surface area contributed by atoms with Crippen molar-refractivity contribution in [2.45, 2.75) is 19.4 Å². The van der Waals surface area contributed by atoms with E-state index in [9.17, 15) is 9.59 Å². The third-order valence-electron chi connectivity index (χ3n) is 3.57. The smallest absolute Gasteiger partial charge is 0.335 e. The minimum atomic E-state index is -0.965. The Hall–Kier alpha value is -3.02. The topological polar surface area (TPSA) is 84.9 Å². The van der Waals surface area contributed by atoms with Crippen LogP contribution in [0, 0.1) is 0 Å². The second-order valence-electron chi connectivity index (χ2n) is 5.41. The van der Waals surface area contributed by atoms with Crippen molar-refractivity contribution in [2.24, 2.45) is 0 Å². The van der Waals surface area contributed by atoms with E-state index in [1.807, 2.05) is 24.3 Å². The van der Waals surface area contributed by atoms with Crippen molar-refractivity contribution in [1.29, 1.82) is 0 Å². The molecule has 0 bridgehead atoms. The van der Waals surface area contributed by atoms with E-state index in [0.29, 0.717) is 26.0 Å². The summed E-state index contributed by atoms with van der Waals surface area (Å²) in [5.41, 5.74) is 1.08. The van der Waals surface area contributed by atoms with Crippen LogP contribution in [0.4, 0.5) is 0 Å². The highest BCUT2D eigenvalue weighted by atomic mass is 16.5. The summed E-state index contributed by atoms with van der Waals surface area (Å²) in [6.45, 7) is 0.825. The van der Waals surface area contributed by atoms with Crippen molar-refractivity contribution in [1.82, 2.24) is 5.32 Å². The number of methoxy groups -OCH3 is 1. The normalized spacial score (nSPS) is 10.1. The number of carbonyl (C=O) groups is 2. The monoisotopic (exact) mass is 343 g/mol. The van der Waals surface area contributed by atoms with Crippen LogP contribution in [0.15, 0.2) is 48.5 Å². The van der Waals surface area contributed by atoms with Gasteiger partial charge in [0.25, 0.3) is 0 Å². The highest BCUT2D eigenvalue weighted by Crippen LogP contribution is 2.17. The van der Waals surface area contributed by atoms with Gasteiger partial charge >= 0.3 is 5.97 Å². The highest BCUT2D eigenvalue weighted by Gasteiger charge is 2.04. The first-order chi connectivity index (χ1) is 12.1. The van der Waals surface area contributed by atoms with Crippen LogP contribution in [0.5, 0.6) is 11.5 Å². The molecule has 0 heterocycles. The summed E-state index contributed by atoms with van der Waals surface area (Å²) < 4.78 is 10.6. The van der Waals surface area contributed by atoms with Gasteiger partial charge in [-0.25, -0.2) is 4.79 Å². The molecule has 0 unspecified atom stereocenters. The Morgan fingerprint density at radius 2 is 1.64 bits per heavy atom. The molecule has 0 spiro atoms. The number of rotatable bonds is 9. The van der Waals surface area contributed by atoms with E-state index in [0.717, 1.165) is 17.1 Å². The van der Waals surface area contributed by atoms with Crippen molar-refractivity contribution < 1.29 is 24.2 Å². The van der Waals surface area contributed by atoms with E-state index in [1.54, 1.807) is 19.2 Å². The molecule has 1 amide bonds. The highest BCUT2D eigenvalue weighted by molar-refractivity contribution is 5.87. The molecule has 2 N–H and O–H groups in total. The summed E-state index contributed by atoms with van der Waals surface area (Å²) in [6.07, 6.45) is 0.971. The van der Waals surface area contributed by atoms with E-state index in [-0.39, 0.29) is 11.5 Å². The van der Waals surface area contributed by atoms with Gasteiger partial charge in [0.05, 0.1) is 19.3 Å². The van der Waals surface area contributed by atoms with Crippen molar-refractivity contribution in [3.8, 4) is 11.5 Å². The first-order valence-corrected chi connectivity index (χ1v) is 7.94. The summed E-state index contributed by atoms with van der Waals surface area (Å²) in [7, 11) is 1.61. The summed E-state index contributed by atoms with van der Waals surface area (Å²) in [5.74, 6) is 0.468. The molecule has 132 valence electrons. The molecule has 0 aliphatic carbocycles. The number of ether oxygens (including phenoxy) is 2. The summed E-state index contributed by atoms with van der Waals surface area (Å²) in [4.78, 5) is 22.6. The second kappa shape index (κ2) is 9.32. The standard InChI is InChI=1S/C19H21NO5/c1-24-16-8-10-17(11-9-16)25-12-2-3-18(21)20-13-14-4-6-15(7-5-14)19(22)23/h4-11H,2-3,12-13H2,1H3,(H,20,21)(H,22,23). The second-order valence-corrected chi connectivity index (χ2v) is 5.41. The quantitative estimate of drug-likeness (QED) is 0.684. The molecule has 0 fully saturated rings. The Balaban J connectivity index is 1.64. The molecule has 0 aromatic heterocycles. The van der Waals surface area contributed by atoms with Gasteiger partial charge in [0.2, 0.25) is 5.91 Å². The van der Waals surface area contributed by atoms with Crippen LogP contribution < -0.4 is 14.8 Å². The molecule has 2 aromatic carbocycles. The number of amides is 1. The van der Waals surface area contributed by atoms with E-state index in [2.05, 4.69) is 5.32 Å². The average molecular weight is 343 g/mol. The van der Waals surface area contributed by atoms with Crippen LogP contribution in [-0.2, 0) is 11.3 Å². The molecule has 0 aliphatic rings. The van der Waals surface area contributed by atoms with Crippen LogP contribution >= 0.6 is 0 Å². The lowest BCUT2D eigenvalue weighted by atomic mass is 10.1. The number of hydrogen-bond donors (Lipinski definition) is 2. The van der Waals surface area contributed by atoms with Crippen LogP contribution in [0.1, 0.15) is 28.8 Å². The van der Waals surface area contributed by atoms with Gasteiger partial charge in [-0.3, -0.25) is 4.79 Å². The molecular weight excluding hydrogens is 322 g/mol. The minimum absolute atomic E-state index is 0.0688. The maximum absolute atomic E-state index is 11.8. The number of carboxylic acid groups (broad SMARTS) is 1. The van der Waals surface area contributed by atoms with E-state index < -0.39 is 5.97 Å². The van der Waals surface area contributed by atoms with E-state index >= 15 is 0 Å². The molecule has 6 heteroatoms. The van der Waals surface area contributed by atoms with Crippen molar-refractivity contribution in [3.05, 3.63) is 59.7 Å².